The fourth-order valence-electron chi connectivity index (χ4n) is 3.91. The van der Waals surface area contributed by atoms with E-state index in [4.69, 9.17) is 14.5 Å². The van der Waals surface area contributed by atoms with E-state index in [-0.39, 0.29) is 12.1 Å². The van der Waals surface area contributed by atoms with Gasteiger partial charge in [-0.15, -0.1) is 0 Å². The minimum Gasteiger partial charge on any atom is -0.481 e. The molecule has 0 radical (unpaired) electrons. The number of nitrogens with one attached hydrogen (secondary N) is 1. The van der Waals surface area contributed by atoms with Gasteiger partial charge in [-0.2, -0.15) is 0 Å². The molecular formula is C24H39N5O3. The van der Waals surface area contributed by atoms with Gasteiger partial charge in [0.1, 0.15) is 5.60 Å². The summed E-state index contributed by atoms with van der Waals surface area (Å²) in [4.78, 5) is 26.2. The van der Waals surface area contributed by atoms with Gasteiger partial charge in [-0.3, -0.25) is 0 Å². The molecule has 0 unspecified atom stereocenters. The molecule has 0 aromatic carbocycles. The van der Waals surface area contributed by atoms with Gasteiger partial charge in [-0.25, -0.2) is 14.8 Å². The van der Waals surface area contributed by atoms with Crippen molar-refractivity contribution in [3.63, 3.8) is 0 Å². The second-order valence-electron chi connectivity index (χ2n) is 9.67. The summed E-state index contributed by atoms with van der Waals surface area (Å²) in [5, 5.41) is 3.42. The van der Waals surface area contributed by atoms with Gasteiger partial charge < -0.3 is 24.6 Å². The van der Waals surface area contributed by atoms with E-state index in [2.05, 4.69) is 22.1 Å². The molecule has 178 valence electrons. The number of guanidine groups is 1. The fourth-order valence-corrected chi connectivity index (χ4v) is 3.91. The number of hydrogen-bond acceptors (Lipinski definition) is 5. The molecule has 1 saturated carbocycles. The Labute approximate surface area is 192 Å². The van der Waals surface area contributed by atoms with Crippen LogP contribution in [-0.4, -0.2) is 71.8 Å². The molecule has 1 aliphatic carbocycles. The van der Waals surface area contributed by atoms with Gasteiger partial charge >= 0.3 is 6.09 Å². The lowest BCUT2D eigenvalue weighted by molar-refractivity contribution is 0.00928. The minimum atomic E-state index is -0.472. The Kier molecular flexibility index (Phi) is 8.21. The average molecular weight is 446 g/mol. The summed E-state index contributed by atoms with van der Waals surface area (Å²) in [5.74, 6) is 2.14. The molecule has 0 atom stereocenters. The van der Waals surface area contributed by atoms with Gasteiger partial charge in [-0.1, -0.05) is 0 Å². The summed E-state index contributed by atoms with van der Waals surface area (Å²) in [5.41, 5.74) is 0.586. The average Bonchev–Trinajstić information content (AvgIpc) is 3.58. The highest BCUT2D eigenvalue weighted by atomic mass is 16.6. The normalized spacial score (nSPS) is 17.8. The first-order chi connectivity index (χ1) is 15.3. The highest BCUT2D eigenvalue weighted by molar-refractivity contribution is 5.80. The van der Waals surface area contributed by atoms with E-state index in [1.165, 1.54) is 12.8 Å². The van der Waals surface area contributed by atoms with Crippen molar-refractivity contribution in [1.82, 2.24) is 20.1 Å². The zero-order chi connectivity index (χ0) is 23.1. The summed E-state index contributed by atoms with van der Waals surface area (Å²) in [6.07, 6.45) is 5.84. The minimum absolute atomic E-state index is 0.171. The Morgan fingerprint density at radius 1 is 1.28 bits per heavy atom. The number of methoxy groups -OCH3 is 1. The van der Waals surface area contributed by atoms with Crippen molar-refractivity contribution in [1.29, 1.82) is 0 Å². The van der Waals surface area contributed by atoms with Crippen LogP contribution in [-0.2, 0) is 11.3 Å². The van der Waals surface area contributed by atoms with E-state index < -0.39 is 5.60 Å². The molecule has 8 heteroatoms. The maximum Gasteiger partial charge on any atom is 0.410 e. The Balaban J connectivity index is 1.61. The van der Waals surface area contributed by atoms with Crippen LogP contribution in [0.1, 0.15) is 58.9 Å². The maximum absolute atomic E-state index is 12.9. The summed E-state index contributed by atoms with van der Waals surface area (Å²) in [7, 11) is 1.62. The van der Waals surface area contributed by atoms with Crippen molar-refractivity contribution < 1.29 is 14.3 Å². The van der Waals surface area contributed by atoms with E-state index >= 15 is 0 Å². The topological polar surface area (TPSA) is 79.3 Å². The van der Waals surface area contributed by atoms with Crippen molar-refractivity contribution in [2.45, 2.75) is 71.6 Å². The molecule has 1 aliphatic heterocycles. The first kappa shape index (κ1) is 24.1. The number of aromatic nitrogens is 1. The van der Waals surface area contributed by atoms with Crippen LogP contribution in [0.2, 0.25) is 0 Å². The fraction of sp³-hybridized carbons (Fsp3) is 0.708. The Morgan fingerprint density at radius 3 is 2.59 bits per heavy atom. The maximum atomic E-state index is 12.9. The number of carbonyl (C=O) groups is 1. The molecule has 2 aliphatic rings. The Bertz CT molecular complexity index is 780. The standard InChI is InChI=1S/C24H39N5O3/c1-6-25-22(27-16-19-9-12-26-21(15-19)31-5)28-13-10-20(11-14-28)29(17-18-7-8-18)23(30)32-24(2,3)4/h9,12,15,18,20H,6-8,10-11,13-14,16-17H2,1-5H3,(H,25,27). The zero-order valence-electron chi connectivity index (χ0n) is 20.3. The number of hydrogen-bond donors (Lipinski definition) is 1. The summed E-state index contributed by atoms with van der Waals surface area (Å²) < 4.78 is 10.9. The molecule has 32 heavy (non-hydrogen) atoms. The van der Waals surface area contributed by atoms with E-state index in [0.29, 0.717) is 18.3 Å². The lowest BCUT2D eigenvalue weighted by Gasteiger charge is -2.40. The van der Waals surface area contributed by atoms with Crippen LogP contribution in [0.25, 0.3) is 0 Å². The number of nitrogens with zero attached hydrogens (tertiary/aromatic N) is 4. The SMILES string of the molecule is CCNC(=NCc1ccnc(OC)c1)N1CCC(N(CC2CC2)C(=O)OC(C)(C)C)CC1. The van der Waals surface area contributed by atoms with Crippen molar-refractivity contribution in [3.05, 3.63) is 23.9 Å². The number of ether oxygens (including phenoxy) is 2. The molecular weight excluding hydrogens is 406 g/mol. The molecule has 2 fully saturated rings. The Morgan fingerprint density at radius 2 is 2.00 bits per heavy atom. The van der Waals surface area contributed by atoms with E-state index in [1.807, 2.05) is 37.8 Å². The number of pyridine rings is 1. The number of likely N-dealkylation sites (tertiary alicyclic amines) is 1. The van der Waals surface area contributed by atoms with Crippen molar-refractivity contribution in [3.8, 4) is 5.88 Å². The van der Waals surface area contributed by atoms with Crippen molar-refractivity contribution in [2.75, 3.05) is 33.3 Å². The smallest absolute Gasteiger partial charge is 0.410 e. The molecule has 8 nitrogen and oxygen atoms in total. The van der Waals surface area contributed by atoms with Crippen LogP contribution in [0, 0.1) is 5.92 Å². The van der Waals surface area contributed by atoms with Gasteiger partial charge in [0.05, 0.1) is 13.7 Å². The molecule has 1 amide bonds. The largest absolute Gasteiger partial charge is 0.481 e. The lowest BCUT2D eigenvalue weighted by Crippen LogP contribution is -2.52. The molecule has 2 heterocycles. The van der Waals surface area contributed by atoms with Crippen LogP contribution in [0.4, 0.5) is 4.79 Å². The van der Waals surface area contributed by atoms with Gasteiger partial charge in [-0.05, 0) is 70.9 Å². The number of carbonyl (C=O) groups excluding carboxylic acids is 1. The molecule has 1 aromatic rings. The van der Waals surface area contributed by atoms with Gasteiger partial charge in [0.15, 0.2) is 5.96 Å². The molecule has 1 N–H and O–H groups in total. The third-order valence-electron chi connectivity index (χ3n) is 5.74. The van der Waals surface area contributed by atoms with Gasteiger partial charge in [0.25, 0.3) is 0 Å². The predicted molar refractivity (Wildman–Crippen MR) is 126 cm³/mol. The van der Waals surface area contributed by atoms with Crippen molar-refractivity contribution >= 4 is 12.1 Å². The molecule has 0 spiro atoms. The predicted octanol–water partition coefficient (Wildman–Crippen LogP) is 3.67. The highest BCUT2D eigenvalue weighted by Crippen LogP contribution is 2.32. The summed E-state index contributed by atoms with van der Waals surface area (Å²) >= 11 is 0. The molecule has 0 bridgehead atoms. The lowest BCUT2D eigenvalue weighted by atomic mass is 10.0. The number of amides is 1. The first-order valence-corrected chi connectivity index (χ1v) is 11.8. The van der Waals surface area contributed by atoms with Crippen LogP contribution in [0.5, 0.6) is 5.88 Å². The third-order valence-corrected chi connectivity index (χ3v) is 5.74. The third kappa shape index (κ3) is 7.28. The second-order valence-corrected chi connectivity index (χ2v) is 9.67. The molecule has 1 saturated heterocycles. The summed E-state index contributed by atoms with van der Waals surface area (Å²) in [6, 6.07) is 4.09. The molecule has 3 rings (SSSR count). The number of aliphatic imine (C=N–C) groups is 1. The van der Waals surface area contributed by atoms with E-state index in [1.54, 1.807) is 13.3 Å². The van der Waals surface area contributed by atoms with E-state index in [0.717, 1.165) is 50.5 Å². The van der Waals surface area contributed by atoms with Crippen LogP contribution >= 0.6 is 0 Å². The van der Waals surface area contributed by atoms with Crippen molar-refractivity contribution in [2.24, 2.45) is 10.9 Å². The molecule has 1 aromatic heterocycles. The highest BCUT2D eigenvalue weighted by Gasteiger charge is 2.35. The monoisotopic (exact) mass is 445 g/mol. The quantitative estimate of drug-likeness (QED) is 0.510. The van der Waals surface area contributed by atoms with Gasteiger partial charge in [0.2, 0.25) is 5.88 Å². The number of rotatable bonds is 7. The zero-order valence-corrected chi connectivity index (χ0v) is 20.3. The first-order valence-electron chi connectivity index (χ1n) is 11.8. The van der Waals surface area contributed by atoms with Gasteiger partial charge in [0, 0.05) is 44.5 Å². The van der Waals surface area contributed by atoms with Crippen LogP contribution in [0.3, 0.4) is 0 Å². The van der Waals surface area contributed by atoms with Crippen LogP contribution < -0.4 is 10.1 Å². The number of piperidine rings is 1. The van der Waals surface area contributed by atoms with Crippen LogP contribution in [0.15, 0.2) is 23.3 Å². The summed E-state index contributed by atoms with van der Waals surface area (Å²) in [6.45, 7) is 11.8. The second kappa shape index (κ2) is 10.9. The van der Waals surface area contributed by atoms with E-state index in [9.17, 15) is 4.79 Å². The Hall–Kier alpha value is -2.51.